The number of benzene rings is 1. The maximum absolute atomic E-state index is 13.0. The van der Waals surface area contributed by atoms with Gasteiger partial charge in [0.05, 0.1) is 5.69 Å². The molecule has 2 aliphatic rings. The van der Waals surface area contributed by atoms with Crippen LogP contribution in [0.5, 0.6) is 0 Å². The first-order valence-corrected chi connectivity index (χ1v) is 9.53. The molecule has 0 radical (unpaired) electrons. The highest BCUT2D eigenvalue weighted by atomic mass is 35.5. The quantitative estimate of drug-likeness (QED) is 0.881. The molecule has 1 unspecified atom stereocenters. The van der Waals surface area contributed by atoms with Crippen LogP contribution in [0.2, 0.25) is 0 Å². The van der Waals surface area contributed by atoms with Crippen molar-refractivity contribution in [3.8, 4) is 10.6 Å². The zero-order valence-electron chi connectivity index (χ0n) is 14.2. The van der Waals surface area contributed by atoms with E-state index in [0.717, 1.165) is 49.0 Å². The van der Waals surface area contributed by atoms with E-state index in [1.807, 2.05) is 0 Å². The third-order valence-electron chi connectivity index (χ3n) is 4.94. The molecule has 0 amide bonds. The molecule has 4 nitrogen and oxygen atoms in total. The van der Waals surface area contributed by atoms with E-state index in [0.29, 0.717) is 6.04 Å². The Morgan fingerprint density at radius 2 is 1.92 bits per heavy atom. The Kier molecular flexibility index (Phi) is 6.41. The summed E-state index contributed by atoms with van der Waals surface area (Å²) in [5, 5.41) is 6.53. The smallest absolute Gasteiger partial charge is 0.123 e. The number of nitrogens with one attached hydrogen (secondary N) is 1. The Labute approximate surface area is 158 Å². The molecule has 7 heteroatoms. The van der Waals surface area contributed by atoms with E-state index in [4.69, 9.17) is 4.98 Å². The monoisotopic (exact) mass is 382 g/mol. The maximum Gasteiger partial charge on any atom is 0.123 e. The van der Waals surface area contributed by atoms with E-state index in [2.05, 4.69) is 20.5 Å². The first kappa shape index (κ1) is 18.7. The van der Waals surface area contributed by atoms with Crippen molar-refractivity contribution in [2.24, 2.45) is 0 Å². The molecule has 136 valence electrons. The third-order valence-corrected chi connectivity index (χ3v) is 5.88. The Morgan fingerprint density at radius 3 is 2.68 bits per heavy atom. The number of rotatable bonds is 4. The molecule has 0 bridgehead atoms. The SMILES string of the molecule is Cl.Fc1ccc(-c2nc(CN3CCC(N4CCNCC4)C3)cs2)cc1. The number of hydrogen-bond acceptors (Lipinski definition) is 5. The highest BCUT2D eigenvalue weighted by Gasteiger charge is 2.28. The molecule has 4 rings (SSSR count). The van der Waals surface area contributed by atoms with Gasteiger partial charge < -0.3 is 5.32 Å². The summed E-state index contributed by atoms with van der Waals surface area (Å²) in [5.41, 5.74) is 2.12. The van der Waals surface area contributed by atoms with E-state index in [1.165, 1.54) is 31.6 Å². The fourth-order valence-electron chi connectivity index (χ4n) is 3.63. The third kappa shape index (κ3) is 4.57. The number of thiazole rings is 1. The van der Waals surface area contributed by atoms with E-state index in [1.54, 1.807) is 23.5 Å². The molecular formula is C18H24ClFN4S. The highest BCUT2D eigenvalue weighted by Crippen LogP contribution is 2.25. The Hall–Kier alpha value is -1.05. The number of likely N-dealkylation sites (tertiary alicyclic amines) is 1. The maximum atomic E-state index is 13.0. The normalized spacial score (nSPS) is 22.0. The Balaban J connectivity index is 0.00000182. The molecule has 1 atom stereocenters. The van der Waals surface area contributed by atoms with Gasteiger partial charge in [0, 0.05) is 62.8 Å². The summed E-state index contributed by atoms with van der Waals surface area (Å²) in [5.74, 6) is -0.202. The van der Waals surface area contributed by atoms with Crippen LogP contribution in [0.15, 0.2) is 29.6 Å². The molecule has 0 aliphatic carbocycles. The standard InChI is InChI=1S/C18H23FN4S.ClH/c19-15-3-1-14(2-4-15)18-21-16(13-24-18)11-22-8-5-17(12-22)23-9-6-20-7-10-23;/h1-4,13,17,20H,5-12H2;1H. The molecule has 25 heavy (non-hydrogen) atoms. The number of aromatic nitrogens is 1. The lowest BCUT2D eigenvalue weighted by Crippen LogP contribution is -2.49. The van der Waals surface area contributed by atoms with Gasteiger partial charge in [-0.1, -0.05) is 0 Å². The van der Waals surface area contributed by atoms with Crippen molar-refractivity contribution in [3.63, 3.8) is 0 Å². The first-order chi connectivity index (χ1) is 11.8. The molecule has 2 fully saturated rings. The van der Waals surface area contributed by atoms with Crippen molar-refractivity contribution in [1.82, 2.24) is 20.1 Å². The molecule has 3 heterocycles. The fraction of sp³-hybridized carbons (Fsp3) is 0.500. The van der Waals surface area contributed by atoms with Gasteiger partial charge in [0.2, 0.25) is 0 Å². The average Bonchev–Trinajstić information content (AvgIpc) is 3.27. The summed E-state index contributed by atoms with van der Waals surface area (Å²) in [6.45, 7) is 7.78. The molecule has 1 N–H and O–H groups in total. The molecule has 1 aromatic carbocycles. The number of halogens is 2. The van der Waals surface area contributed by atoms with Gasteiger partial charge in [-0.05, 0) is 30.7 Å². The summed E-state index contributed by atoms with van der Waals surface area (Å²) < 4.78 is 13.0. The van der Waals surface area contributed by atoms with Crippen LogP contribution in [-0.2, 0) is 6.54 Å². The van der Waals surface area contributed by atoms with Crippen LogP contribution in [0.25, 0.3) is 10.6 Å². The Morgan fingerprint density at radius 1 is 1.16 bits per heavy atom. The largest absolute Gasteiger partial charge is 0.314 e. The van der Waals surface area contributed by atoms with Crippen molar-refractivity contribution in [2.45, 2.75) is 19.0 Å². The van der Waals surface area contributed by atoms with Gasteiger partial charge in [0.1, 0.15) is 10.8 Å². The molecule has 2 aliphatic heterocycles. The van der Waals surface area contributed by atoms with Gasteiger partial charge in [-0.15, -0.1) is 23.7 Å². The first-order valence-electron chi connectivity index (χ1n) is 8.65. The van der Waals surface area contributed by atoms with Crippen molar-refractivity contribution < 1.29 is 4.39 Å². The van der Waals surface area contributed by atoms with Gasteiger partial charge in [-0.2, -0.15) is 0 Å². The van der Waals surface area contributed by atoms with E-state index in [-0.39, 0.29) is 18.2 Å². The second kappa shape index (κ2) is 8.56. The molecule has 2 saturated heterocycles. The second-order valence-electron chi connectivity index (χ2n) is 6.61. The number of nitrogens with zero attached hydrogens (tertiary/aromatic N) is 3. The summed E-state index contributed by atoms with van der Waals surface area (Å²) in [4.78, 5) is 9.88. The summed E-state index contributed by atoms with van der Waals surface area (Å²) in [7, 11) is 0. The minimum atomic E-state index is -0.202. The molecule has 0 spiro atoms. The number of piperazine rings is 1. The predicted octanol–water partition coefficient (Wildman–Crippen LogP) is 2.85. The van der Waals surface area contributed by atoms with Crippen molar-refractivity contribution in [1.29, 1.82) is 0 Å². The lowest BCUT2D eigenvalue weighted by molar-refractivity contribution is 0.170. The summed E-state index contributed by atoms with van der Waals surface area (Å²) >= 11 is 1.64. The van der Waals surface area contributed by atoms with Crippen LogP contribution in [0, 0.1) is 5.82 Å². The van der Waals surface area contributed by atoms with E-state index < -0.39 is 0 Å². The number of hydrogen-bond donors (Lipinski definition) is 1. The second-order valence-corrected chi connectivity index (χ2v) is 7.47. The average molecular weight is 383 g/mol. The summed E-state index contributed by atoms with van der Waals surface area (Å²) in [6, 6.07) is 7.29. The van der Waals surface area contributed by atoms with Crippen LogP contribution in [0.4, 0.5) is 4.39 Å². The van der Waals surface area contributed by atoms with Crippen LogP contribution in [0.3, 0.4) is 0 Å². The van der Waals surface area contributed by atoms with E-state index >= 15 is 0 Å². The zero-order valence-corrected chi connectivity index (χ0v) is 15.8. The van der Waals surface area contributed by atoms with Crippen molar-refractivity contribution in [3.05, 3.63) is 41.2 Å². The van der Waals surface area contributed by atoms with Crippen molar-refractivity contribution >= 4 is 23.7 Å². The van der Waals surface area contributed by atoms with Crippen LogP contribution in [-0.4, -0.2) is 60.1 Å². The van der Waals surface area contributed by atoms with Crippen LogP contribution < -0.4 is 5.32 Å². The fourth-order valence-corrected chi connectivity index (χ4v) is 4.45. The van der Waals surface area contributed by atoms with Gasteiger partial charge >= 0.3 is 0 Å². The van der Waals surface area contributed by atoms with Gasteiger partial charge in [0.25, 0.3) is 0 Å². The van der Waals surface area contributed by atoms with E-state index in [9.17, 15) is 4.39 Å². The van der Waals surface area contributed by atoms with Gasteiger partial charge in [0.15, 0.2) is 0 Å². The topological polar surface area (TPSA) is 31.4 Å². The zero-order chi connectivity index (χ0) is 16.4. The van der Waals surface area contributed by atoms with Crippen molar-refractivity contribution in [2.75, 3.05) is 39.3 Å². The minimum absolute atomic E-state index is 0. The minimum Gasteiger partial charge on any atom is -0.314 e. The molecule has 0 saturated carbocycles. The van der Waals surface area contributed by atoms with Gasteiger partial charge in [-0.25, -0.2) is 9.37 Å². The molecule has 2 aromatic rings. The van der Waals surface area contributed by atoms with Crippen LogP contribution in [0.1, 0.15) is 12.1 Å². The summed E-state index contributed by atoms with van der Waals surface area (Å²) in [6.07, 6.45) is 1.26. The lowest BCUT2D eigenvalue weighted by Gasteiger charge is -2.32. The highest BCUT2D eigenvalue weighted by molar-refractivity contribution is 7.13. The molecular weight excluding hydrogens is 359 g/mol. The lowest BCUT2D eigenvalue weighted by atomic mass is 10.2. The Bertz CT molecular complexity index is 672. The van der Waals surface area contributed by atoms with Gasteiger partial charge in [-0.3, -0.25) is 9.80 Å². The predicted molar refractivity (Wildman–Crippen MR) is 103 cm³/mol. The molecule has 1 aromatic heterocycles. The van der Waals surface area contributed by atoms with Crippen LogP contribution >= 0.6 is 23.7 Å².